The van der Waals surface area contributed by atoms with Crippen LogP contribution in [0, 0.1) is 0 Å². The van der Waals surface area contributed by atoms with E-state index >= 15 is 0 Å². The number of carbonyl (C=O) groups excluding carboxylic acids is 1. The van der Waals surface area contributed by atoms with Crippen LogP contribution in [0.5, 0.6) is 0 Å². The molecule has 1 amide bonds. The Bertz CT molecular complexity index is 624. The molecule has 2 rings (SSSR count). The molecular formula is C19H19NO3. The molecule has 0 saturated heterocycles. The van der Waals surface area contributed by atoms with E-state index in [1.54, 1.807) is 0 Å². The number of carboxylic acid groups (broad SMARTS) is 1. The highest BCUT2D eigenvalue weighted by Crippen LogP contribution is 2.09. The zero-order chi connectivity index (χ0) is 16.5. The van der Waals surface area contributed by atoms with Gasteiger partial charge in [0.05, 0.1) is 0 Å². The Kier molecular flexibility index (Phi) is 6.12. The molecule has 2 aromatic carbocycles. The van der Waals surface area contributed by atoms with Crippen LogP contribution < -0.4 is 5.32 Å². The molecular weight excluding hydrogens is 290 g/mol. The summed E-state index contributed by atoms with van der Waals surface area (Å²) >= 11 is 0. The third-order valence-corrected chi connectivity index (χ3v) is 3.37. The number of carbonyl (C=O) groups is 2. The van der Waals surface area contributed by atoms with Crippen LogP contribution in [0.2, 0.25) is 0 Å². The average molecular weight is 309 g/mol. The molecule has 2 N–H and O–H groups in total. The van der Waals surface area contributed by atoms with E-state index in [1.807, 2.05) is 60.7 Å². The van der Waals surface area contributed by atoms with Gasteiger partial charge in [-0.25, -0.2) is 4.79 Å². The highest BCUT2D eigenvalue weighted by molar-refractivity contribution is 5.94. The maximum Gasteiger partial charge on any atom is 0.328 e. The Morgan fingerprint density at radius 3 is 1.78 bits per heavy atom. The molecule has 4 heteroatoms. The van der Waals surface area contributed by atoms with E-state index in [9.17, 15) is 9.59 Å². The van der Waals surface area contributed by atoms with E-state index in [-0.39, 0.29) is 6.04 Å². The fourth-order valence-electron chi connectivity index (χ4n) is 2.37. The first-order chi connectivity index (χ1) is 11.1. The smallest absolute Gasteiger partial charge is 0.328 e. The topological polar surface area (TPSA) is 66.4 Å². The van der Waals surface area contributed by atoms with Gasteiger partial charge in [-0.05, 0) is 24.0 Å². The molecule has 0 unspecified atom stereocenters. The molecule has 0 heterocycles. The first-order valence-electron chi connectivity index (χ1n) is 7.43. The zero-order valence-corrected chi connectivity index (χ0v) is 12.7. The molecule has 2 aromatic rings. The molecule has 4 nitrogen and oxygen atoms in total. The first-order valence-corrected chi connectivity index (χ1v) is 7.43. The Balaban J connectivity index is 2.07. The summed E-state index contributed by atoms with van der Waals surface area (Å²) in [6.45, 7) is 0. The van der Waals surface area contributed by atoms with Gasteiger partial charge in [-0.1, -0.05) is 60.7 Å². The summed E-state index contributed by atoms with van der Waals surface area (Å²) in [6.07, 6.45) is 3.26. The second kappa shape index (κ2) is 8.54. The van der Waals surface area contributed by atoms with Gasteiger partial charge in [-0.3, -0.25) is 4.79 Å². The summed E-state index contributed by atoms with van der Waals surface area (Å²) in [6, 6.07) is 19.7. The molecule has 0 radical (unpaired) electrons. The van der Waals surface area contributed by atoms with Crippen LogP contribution in [0.25, 0.3) is 0 Å². The molecule has 0 fully saturated rings. The van der Waals surface area contributed by atoms with Crippen molar-refractivity contribution in [2.24, 2.45) is 0 Å². The van der Waals surface area contributed by atoms with Crippen molar-refractivity contribution in [2.45, 2.75) is 18.9 Å². The zero-order valence-electron chi connectivity index (χ0n) is 12.7. The lowest BCUT2D eigenvalue weighted by atomic mass is 9.99. The third kappa shape index (κ3) is 6.18. The van der Waals surface area contributed by atoms with E-state index in [1.165, 1.54) is 0 Å². The highest BCUT2D eigenvalue weighted by Gasteiger charge is 2.12. The molecule has 0 spiro atoms. The van der Waals surface area contributed by atoms with Gasteiger partial charge < -0.3 is 10.4 Å². The molecule has 0 saturated carbocycles. The summed E-state index contributed by atoms with van der Waals surface area (Å²) in [7, 11) is 0. The summed E-state index contributed by atoms with van der Waals surface area (Å²) in [5.41, 5.74) is 2.24. The monoisotopic (exact) mass is 309 g/mol. The maximum absolute atomic E-state index is 11.9. The van der Waals surface area contributed by atoms with Crippen LogP contribution in [-0.2, 0) is 22.4 Å². The van der Waals surface area contributed by atoms with Gasteiger partial charge in [-0.15, -0.1) is 0 Å². The maximum atomic E-state index is 11.9. The normalized spacial score (nSPS) is 10.8. The number of amides is 1. The minimum absolute atomic E-state index is 0.106. The largest absolute Gasteiger partial charge is 0.478 e. The quantitative estimate of drug-likeness (QED) is 0.773. The predicted molar refractivity (Wildman–Crippen MR) is 89.0 cm³/mol. The van der Waals surface area contributed by atoms with Crippen LogP contribution in [-0.4, -0.2) is 23.0 Å². The van der Waals surface area contributed by atoms with Gasteiger partial charge in [-0.2, -0.15) is 0 Å². The lowest BCUT2D eigenvalue weighted by Gasteiger charge is -2.18. The van der Waals surface area contributed by atoms with E-state index in [4.69, 9.17) is 5.11 Å². The number of carboxylic acids is 1. The SMILES string of the molecule is O=C(O)/C=C\C(=O)NC(Cc1ccccc1)Cc1ccccc1. The summed E-state index contributed by atoms with van der Waals surface area (Å²) < 4.78 is 0. The van der Waals surface area contributed by atoms with Crippen molar-refractivity contribution >= 4 is 11.9 Å². The minimum atomic E-state index is -1.14. The highest BCUT2D eigenvalue weighted by atomic mass is 16.4. The molecule has 0 aliphatic carbocycles. The second-order valence-corrected chi connectivity index (χ2v) is 5.26. The van der Waals surface area contributed by atoms with Gasteiger partial charge in [0.2, 0.25) is 5.91 Å². The summed E-state index contributed by atoms with van der Waals surface area (Å²) in [5.74, 6) is -1.54. The van der Waals surface area contributed by atoms with E-state index < -0.39 is 11.9 Å². The number of nitrogens with one attached hydrogen (secondary N) is 1. The van der Waals surface area contributed by atoms with Gasteiger partial charge in [0, 0.05) is 18.2 Å². The molecule has 0 aromatic heterocycles. The van der Waals surface area contributed by atoms with Crippen molar-refractivity contribution in [3.8, 4) is 0 Å². The van der Waals surface area contributed by atoms with Crippen LogP contribution in [0.4, 0.5) is 0 Å². The Labute approximate surface area is 135 Å². The lowest BCUT2D eigenvalue weighted by molar-refractivity contribution is -0.131. The molecule has 0 aliphatic rings. The number of hydrogen-bond donors (Lipinski definition) is 2. The van der Waals surface area contributed by atoms with Crippen molar-refractivity contribution < 1.29 is 14.7 Å². The lowest BCUT2D eigenvalue weighted by Crippen LogP contribution is -2.37. The van der Waals surface area contributed by atoms with Gasteiger partial charge in [0.25, 0.3) is 0 Å². The fourth-order valence-corrected chi connectivity index (χ4v) is 2.37. The Hall–Kier alpha value is -2.88. The molecule has 0 aliphatic heterocycles. The van der Waals surface area contributed by atoms with Crippen LogP contribution in [0.15, 0.2) is 72.8 Å². The summed E-state index contributed by atoms with van der Waals surface area (Å²) in [5, 5.41) is 11.5. The van der Waals surface area contributed by atoms with Crippen molar-refractivity contribution in [3.63, 3.8) is 0 Å². The van der Waals surface area contributed by atoms with Crippen LogP contribution >= 0.6 is 0 Å². The van der Waals surface area contributed by atoms with Crippen molar-refractivity contribution in [1.82, 2.24) is 5.32 Å². The number of rotatable bonds is 7. The summed E-state index contributed by atoms with van der Waals surface area (Å²) in [4.78, 5) is 22.4. The number of benzene rings is 2. The first kappa shape index (κ1) is 16.5. The number of aliphatic carboxylic acids is 1. The second-order valence-electron chi connectivity index (χ2n) is 5.26. The van der Waals surface area contributed by atoms with Crippen molar-refractivity contribution in [3.05, 3.63) is 83.9 Å². The molecule has 0 bridgehead atoms. The molecule has 23 heavy (non-hydrogen) atoms. The van der Waals surface area contributed by atoms with Gasteiger partial charge in [0.1, 0.15) is 0 Å². The van der Waals surface area contributed by atoms with Crippen molar-refractivity contribution in [1.29, 1.82) is 0 Å². The minimum Gasteiger partial charge on any atom is -0.478 e. The molecule has 0 atom stereocenters. The third-order valence-electron chi connectivity index (χ3n) is 3.37. The Morgan fingerprint density at radius 1 is 0.870 bits per heavy atom. The average Bonchev–Trinajstić information content (AvgIpc) is 2.55. The van der Waals surface area contributed by atoms with Crippen LogP contribution in [0.1, 0.15) is 11.1 Å². The van der Waals surface area contributed by atoms with Crippen molar-refractivity contribution in [2.75, 3.05) is 0 Å². The van der Waals surface area contributed by atoms with Gasteiger partial charge >= 0.3 is 5.97 Å². The predicted octanol–water partition coefficient (Wildman–Crippen LogP) is 2.60. The fraction of sp³-hybridized carbons (Fsp3) is 0.158. The Morgan fingerprint density at radius 2 is 1.35 bits per heavy atom. The molecule has 118 valence electrons. The van der Waals surface area contributed by atoms with E-state index in [0.29, 0.717) is 12.8 Å². The van der Waals surface area contributed by atoms with E-state index in [0.717, 1.165) is 23.3 Å². The van der Waals surface area contributed by atoms with E-state index in [2.05, 4.69) is 5.32 Å². The van der Waals surface area contributed by atoms with Gasteiger partial charge in [0.15, 0.2) is 0 Å². The van der Waals surface area contributed by atoms with Crippen LogP contribution in [0.3, 0.4) is 0 Å². The number of hydrogen-bond acceptors (Lipinski definition) is 2. The standard InChI is InChI=1S/C19H19NO3/c21-18(11-12-19(22)23)20-17(13-15-7-3-1-4-8-15)14-16-9-5-2-6-10-16/h1-12,17H,13-14H2,(H,20,21)(H,22,23)/b12-11-.